The van der Waals surface area contributed by atoms with Crippen LogP contribution in [0.2, 0.25) is 0 Å². The van der Waals surface area contributed by atoms with E-state index in [-0.39, 0.29) is 6.10 Å². The maximum absolute atomic E-state index is 10.7. The van der Waals surface area contributed by atoms with Gasteiger partial charge in [-0.15, -0.1) is 0 Å². The fraction of sp³-hybridized carbons (Fsp3) is 0.364. The molecule has 2 atom stereocenters. The molecule has 5 heteroatoms. The van der Waals surface area contributed by atoms with Crippen LogP contribution in [0.5, 0.6) is 5.75 Å². The minimum Gasteiger partial charge on any atom is -0.491 e. The Hall–Kier alpha value is -1.59. The van der Waals surface area contributed by atoms with Crippen LogP contribution in [0.1, 0.15) is 11.7 Å². The van der Waals surface area contributed by atoms with Crippen molar-refractivity contribution in [3.8, 4) is 5.75 Å². The number of epoxide rings is 1. The predicted octanol–water partition coefficient (Wildman–Crippen LogP) is -0.0171. The number of primary amides is 1. The summed E-state index contributed by atoms with van der Waals surface area (Å²) < 4.78 is 10.4. The highest BCUT2D eigenvalue weighted by Gasteiger charge is 2.23. The first-order valence-electron chi connectivity index (χ1n) is 4.98. The number of ether oxygens (including phenoxy) is 2. The number of aliphatic hydroxyl groups is 1. The molecule has 1 amide bonds. The minimum absolute atomic E-state index is 0.205. The molecule has 0 bridgehead atoms. The molecule has 1 heterocycles. The maximum atomic E-state index is 10.7. The number of amides is 1. The first-order chi connectivity index (χ1) is 7.66. The summed E-state index contributed by atoms with van der Waals surface area (Å²) in [4.78, 5) is 10.7. The Morgan fingerprint density at radius 3 is 2.69 bits per heavy atom. The largest absolute Gasteiger partial charge is 0.491 e. The van der Waals surface area contributed by atoms with Crippen molar-refractivity contribution in [3.05, 3.63) is 29.8 Å². The number of carbonyl (C=O) groups is 1. The van der Waals surface area contributed by atoms with E-state index in [1.807, 2.05) is 0 Å². The summed E-state index contributed by atoms with van der Waals surface area (Å²) in [7, 11) is 0. The molecule has 16 heavy (non-hydrogen) atoms. The molecule has 1 aliphatic heterocycles. The van der Waals surface area contributed by atoms with Crippen molar-refractivity contribution < 1.29 is 19.4 Å². The molecule has 1 aromatic carbocycles. The van der Waals surface area contributed by atoms with Gasteiger partial charge in [0.25, 0.3) is 5.91 Å². The molecule has 2 unspecified atom stereocenters. The SMILES string of the molecule is NC(=O)C(O)c1ccc(OCC2CO2)cc1. The molecule has 0 aliphatic carbocycles. The van der Waals surface area contributed by atoms with Gasteiger partial charge in [-0.1, -0.05) is 12.1 Å². The van der Waals surface area contributed by atoms with Crippen LogP contribution in [0.4, 0.5) is 0 Å². The van der Waals surface area contributed by atoms with Gasteiger partial charge in [-0.2, -0.15) is 0 Å². The Bertz CT molecular complexity index is 372. The lowest BCUT2D eigenvalue weighted by molar-refractivity contribution is -0.126. The third-order valence-electron chi connectivity index (χ3n) is 2.30. The average Bonchev–Trinajstić information content (AvgIpc) is 3.10. The molecule has 5 nitrogen and oxygen atoms in total. The van der Waals surface area contributed by atoms with E-state index in [4.69, 9.17) is 15.2 Å². The van der Waals surface area contributed by atoms with Crippen molar-refractivity contribution in [2.24, 2.45) is 5.73 Å². The fourth-order valence-electron chi connectivity index (χ4n) is 1.26. The lowest BCUT2D eigenvalue weighted by atomic mass is 10.1. The second-order valence-corrected chi connectivity index (χ2v) is 3.64. The number of rotatable bonds is 5. The van der Waals surface area contributed by atoms with Crippen molar-refractivity contribution in [3.63, 3.8) is 0 Å². The van der Waals surface area contributed by atoms with Crippen molar-refractivity contribution >= 4 is 5.91 Å². The van der Waals surface area contributed by atoms with Gasteiger partial charge in [0, 0.05) is 0 Å². The molecule has 0 radical (unpaired) electrons. The number of hydrogen-bond acceptors (Lipinski definition) is 4. The third-order valence-corrected chi connectivity index (χ3v) is 2.30. The summed E-state index contributed by atoms with van der Waals surface area (Å²) in [6, 6.07) is 6.59. The highest BCUT2D eigenvalue weighted by atomic mass is 16.6. The van der Waals surface area contributed by atoms with E-state index in [9.17, 15) is 9.90 Å². The highest BCUT2D eigenvalue weighted by molar-refractivity contribution is 5.80. The van der Waals surface area contributed by atoms with E-state index in [0.29, 0.717) is 17.9 Å². The summed E-state index contributed by atoms with van der Waals surface area (Å²) in [5, 5.41) is 9.38. The Labute approximate surface area is 92.8 Å². The van der Waals surface area contributed by atoms with Gasteiger partial charge in [-0.05, 0) is 17.7 Å². The van der Waals surface area contributed by atoms with Gasteiger partial charge in [0.15, 0.2) is 6.10 Å². The van der Waals surface area contributed by atoms with Gasteiger partial charge in [-0.3, -0.25) is 4.79 Å². The molecule has 1 fully saturated rings. The number of aliphatic hydroxyl groups excluding tert-OH is 1. The molecule has 0 spiro atoms. The van der Waals surface area contributed by atoms with E-state index >= 15 is 0 Å². The molecular formula is C11H13NO4. The summed E-state index contributed by atoms with van der Waals surface area (Å²) in [5.41, 5.74) is 5.44. The zero-order chi connectivity index (χ0) is 11.5. The summed E-state index contributed by atoms with van der Waals surface area (Å²) in [6.45, 7) is 1.27. The van der Waals surface area contributed by atoms with Crippen LogP contribution in [0.15, 0.2) is 24.3 Å². The predicted molar refractivity (Wildman–Crippen MR) is 55.8 cm³/mol. The van der Waals surface area contributed by atoms with Gasteiger partial charge >= 0.3 is 0 Å². The Morgan fingerprint density at radius 1 is 1.56 bits per heavy atom. The third kappa shape index (κ3) is 2.71. The molecule has 0 aromatic heterocycles. The van der Waals surface area contributed by atoms with Crippen molar-refractivity contribution in [2.75, 3.05) is 13.2 Å². The van der Waals surface area contributed by atoms with Crippen LogP contribution >= 0.6 is 0 Å². The summed E-state index contributed by atoms with van der Waals surface area (Å²) in [6.07, 6.45) is -1.06. The monoisotopic (exact) mass is 223 g/mol. The summed E-state index contributed by atoms with van der Waals surface area (Å²) in [5.74, 6) is -0.0871. The highest BCUT2D eigenvalue weighted by Crippen LogP contribution is 2.19. The Balaban J connectivity index is 1.94. The van der Waals surface area contributed by atoms with Crippen molar-refractivity contribution in [1.29, 1.82) is 0 Å². The van der Waals surface area contributed by atoms with E-state index in [2.05, 4.69) is 0 Å². The number of benzene rings is 1. The molecule has 1 saturated heterocycles. The molecule has 86 valence electrons. The standard InChI is InChI=1S/C11H13NO4/c12-11(14)10(13)7-1-3-8(4-2-7)15-5-9-6-16-9/h1-4,9-10,13H,5-6H2,(H2,12,14). The van der Waals surface area contributed by atoms with Crippen molar-refractivity contribution in [2.45, 2.75) is 12.2 Å². The van der Waals surface area contributed by atoms with Crippen LogP contribution < -0.4 is 10.5 Å². The first kappa shape index (κ1) is 10.9. The van der Waals surface area contributed by atoms with Crippen molar-refractivity contribution in [1.82, 2.24) is 0 Å². The van der Waals surface area contributed by atoms with Crippen LogP contribution in [-0.4, -0.2) is 30.3 Å². The van der Waals surface area contributed by atoms with Crippen LogP contribution in [0, 0.1) is 0 Å². The molecule has 2 rings (SSSR count). The van der Waals surface area contributed by atoms with Gasteiger partial charge in [-0.25, -0.2) is 0 Å². The molecule has 3 N–H and O–H groups in total. The van der Waals surface area contributed by atoms with Gasteiger partial charge in [0.2, 0.25) is 0 Å². The molecule has 1 aliphatic rings. The van der Waals surface area contributed by atoms with Gasteiger partial charge in [0.05, 0.1) is 6.61 Å². The van der Waals surface area contributed by atoms with Crippen LogP contribution in [0.3, 0.4) is 0 Å². The molecule has 0 saturated carbocycles. The maximum Gasteiger partial charge on any atom is 0.250 e. The smallest absolute Gasteiger partial charge is 0.250 e. The van der Waals surface area contributed by atoms with E-state index in [0.717, 1.165) is 6.61 Å². The molecular weight excluding hydrogens is 210 g/mol. The van der Waals surface area contributed by atoms with E-state index in [1.54, 1.807) is 24.3 Å². The average molecular weight is 223 g/mol. The number of carbonyl (C=O) groups excluding carboxylic acids is 1. The van der Waals surface area contributed by atoms with Crippen LogP contribution in [0.25, 0.3) is 0 Å². The fourth-order valence-corrected chi connectivity index (χ4v) is 1.26. The minimum atomic E-state index is -1.26. The second kappa shape index (κ2) is 4.51. The lowest BCUT2D eigenvalue weighted by Gasteiger charge is -2.08. The quantitative estimate of drug-likeness (QED) is 0.687. The zero-order valence-electron chi connectivity index (χ0n) is 8.63. The van der Waals surface area contributed by atoms with Crippen LogP contribution in [-0.2, 0) is 9.53 Å². The number of nitrogens with two attached hydrogens (primary N) is 1. The lowest BCUT2D eigenvalue weighted by Crippen LogP contribution is -2.20. The second-order valence-electron chi connectivity index (χ2n) is 3.64. The van der Waals surface area contributed by atoms with Gasteiger partial charge in [0.1, 0.15) is 18.5 Å². The Morgan fingerprint density at radius 2 is 2.19 bits per heavy atom. The zero-order valence-corrected chi connectivity index (χ0v) is 8.63. The summed E-state index contributed by atoms with van der Waals surface area (Å²) >= 11 is 0. The normalized spacial score (nSPS) is 20.2. The Kier molecular flexibility index (Phi) is 3.07. The van der Waals surface area contributed by atoms with Gasteiger partial charge < -0.3 is 20.3 Å². The van der Waals surface area contributed by atoms with E-state index in [1.165, 1.54) is 0 Å². The van der Waals surface area contributed by atoms with E-state index < -0.39 is 12.0 Å². The molecule has 1 aromatic rings. The first-order valence-corrected chi connectivity index (χ1v) is 4.98. The number of hydrogen-bond donors (Lipinski definition) is 2. The topological polar surface area (TPSA) is 85.1 Å².